The summed E-state index contributed by atoms with van der Waals surface area (Å²) in [5.74, 6) is 0. The summed E-state index contributed by atoms with van der Waals surface area (Å²) in [6.07, 6.45) is 0. The smallest absolute Gasteiger partial charge is 0.0132 e. The van der Waals surface area contributed by atoms with E-state index < -0.39 is 0 Å². The maximum atomic E-state index is 2.31. The Kier molecular flexibility index (Phi) is 3.30. The van der Waals surface area contributed by atoms with Gasteiger partial charge in [0.05, 0.1) is 0 Å². The normalized spacial score (nSPS) is 11.6. The van der Waals surface area contributed by atoms with Gasteiger partial charge in [0.2, 0.25) is 0 Å². The zero-order chi connectivity index (χ0) is 13.3. The van der Waals surface area contributed by atoms with Gasteiger partial charge in [0.25, 0.3) is 0 Å². The molecule has 18 heavy (non-hydrogen) atoms. The van der Waals surface area contributed by atoms with Crippen molar-refractivity contribution in [3.8, 4) is 11.1 Å². The zero-order valence-electron chi connectivity index (χ0n) is 12.0. The molecule has 94 valence electrons. The summed E-state index contributed by atoms with van der Waals surface area (Å²) in [6.45, 7) is 11.1. The third-order valence-corrected chi connectivity index (χ3v) is 3.28. The fourth-order valence-corrected chi connectivity index (χ4v) is 2.31. The molecule has 0 bridgehead atoms. The highest BCUT2D eigenvalue weighted by atomic mass is 14.2. The largest absolute Gasteiger partial charge is 0.0614 e. The lowest BCUT2D eigenvalue weighted by molar-refractivity contribution is 0.590. The predicted molar refractivity (Wildman–Crippen MR) is 80.1 cm³/mol. The summed E-state index contributed by atoms with van der Waals surface area (Å²) in [5.41, 5.74) is 6.87. The van der Waals surface area contributed by atoms with Crippen LogP contribution in [0.3, 0.4) is 0 Å². The van der Waals surface area contributed by atoms with E-state index in [-0.39, 0.29) is 5.41 Å². The Morgan fingerprint density at radius 3 is 1.89 bits per heavy atom. The first-order chi connectivity index (χ1) is 8.36. The quantitative estimate of drug-likeness (QED) is 0.635. The van der Waals surface area contributed by atoms with Gasteiger partial charge in [-0.15, -0.1) is 0 Å². The first-order valence-electron chi connectivity index (χ1n) is 6.55. The second kappa shape index (κ2) is 4.61. The Bertz CT molecular complexity index is 536. The van der Waals surface area contributed by atoms with Gasteiger partial charge in [-0.1, -0.05) is 74.4 Å². The molecule has 2 aromatic carbocycles. The van der Waals surface area contributed by atoms with Gasteiger partial charge in [0.1, 0.15) is 0 Å². The highest BCUT2D eigenvalue weighted by Gasteiger charge is 2.13. The molecule has 0 atom stereocenters. The van der Waals surface area contributed by atoms with Crippen LogP contribution in [0.2, 0.25) is 0 Å². The molecule has 0 aliphatic rings. The van der Waals surface area contributed by atoms with Crippen molar-refractivity contribution in [2.75, 3.05) is 0 Å². The average molecular weight is 238 g/mol. The van der Waals surface area contributed by atoms with Gasteiger partial charge in [0.15, 0.2) is 0 Å². The number of benzene rings is 2. The number of aryl methyl sites for hydroxylation is 2. The summed E-state index contributed by atoms with van der Waals surface area (Å²) in [4.78, 5) is 0. The van der Waals surface area contributed by atoms with Crippen LogP contribution in [0.25, 0.3) is 11.1 Å². The van der Waals surface area contributed by atoms with E-state index in [0.717, 1.165) is 0 Å². The summed E-state index contributed by atoms with van der Waals surface area (Å²) in [7, 11) is 0. The predicted octanol–water partition coefficient (Wildman–Crippen LogP) is 5.27. The summed E-state index contributed by atoms with van der Waals surface area (Å²) in [5, 5.41) is 0. The molecular formula is C18H22. The molecule has 0 nitrogen and oxygen atoms in total. The number of rotatable bonds is 1. The van der Waals surface area contributed by atoms with Crippen molar-refractivity contribution in [3.63, 3.8) is 0 Å². The van der Waals surface area contributed by atoms with E-state index in [0.29, 0.717) is 0 Å². The SMILES string of the molecule is Cc1cc(C)cc(-c2cccc(C(C)(C)C)c2)c1. The Labute approximate surface area is 111 Å². The lowest BCUT2D eigenvalue weighted by atomic mass is 9.85. The number of hydrogen-bond donors (Lipinski definition) is 0. The maximum Gasteiger partial charge on any atom is -0.0132 e. The molecule has 0 saturated heterocycles. The van der Waals surface area contributed by atoms with Gasteiger partial charge in [-0.25, -0.2) is 0 Å². The monoisotopic (exact) mass is 238 g/mol. The van der Waals surface area contributed by atoms with Crippen LogP contribution < -0.4 is 0 Å². The molecule has 0 amide bonds. The Balaban J connectivity index is 2.51. The summed E-state index contributed by atoms with van der Waals surface area (Å²) < 4.78 is 0. The van der Waals surface area contributed by atoms with Gasteiger partial charge in [-0.05, 0) is 36.0 Å². The fraction of sp³-hybridized carbons (Fsp3) is 0.333. The van der Waals surface area contributed by atoms with Crippen molar-refractivity contribution in [2.24, 2.45) is 0 Å². The summed E-state index contributed by atoms with van der Waals surface area (Å²) in [6, 6.07) is 15.6. The molecule has 2 aromatic rings. The highest BCUT2D eigenvalue weighted by Crippen LogP contribution is 2.28. The molecule has 0 radical (unpaired) electrons. The fourth-order valence-electron chi connectivity index (χ4n) is 2.31. The zero-order valence-corrected chi connectivity index (χ0v) is 12.0. The third kappa shape index (κ3) is 2.81. The van der Waals surface area contributed by atoms with Crippen LogP contribution in [0.4, 0.5) is 0 Å². The molecule has 0 saturated carbocycles. The Morgan fingerprint density at radius 2 is 1.33 bits per heavy atom. The summed E-state index contributed by atoms with van der Waals surface area (Å²) >= 11 is 0. The minimum atomic E-state index is 0.203. The molecule has 2 rings (SSSR count). The average Bonchev–Trinajstić information content (AvgIpc) is 2.27. The Morgan fingerprint density at radius 1 is 0.722 bits per heavy atom. The van der Waals surface area contributed by atoms with Crippen LogP contribution in [0.5, 0.6) is 0 Å². The molecule has 0 fully saturated rings. The molecular weight excluding hydrogens is 216 g/mol. The van der Waals surface area contributed by atoms with Gasteiger partial charge in [0, 0.05) is 0 Å². The van der Waals surface area contributed by atoms with E-state index in [1.165, 1.54) is 27.8 Å². The van der Waals surface area contributed by atoms with Crippen molar-refractivity contribution < 1.29 is 0 Å². The molecule has 0 N–H and O–H groups in total. The molecule has 0 unspecified atom stereocenters. The van der Waals surface area contributed by atoms with E-state index in [1.54, 1.807) is 0 Å². The topological polar surface area (TPSA) is 0 Å². The van der Waals surface area contributed by atoms with Crippen LogP contribution in [0.15, 0.2) is 42.5 Å². The molecule has 0 heteroatoms. The van der Waals surface area contributed by atoms with E-state index in [2.05, 4.69) is 77.1 Å². The van der Waals surface area contributed by atoms with E-state index in [4.69, 9.17) is 0 Å². The first kappa shape index (κ1) is 12.9. The third-order valence-electron chi connectivity index (χ3n) is 3.28. The van der Waals surface area contributed by atoms with Gasteiger partial charge in [-0.2, -0.15) is 0 Å². The van der Waals surface area contributed by atoms with Crippen LogP contribution in [0, 0.1) is 13.8 Å². The second-order valence-corrected chi connectivity index (χ2v) is 6.21. The maximum absolute atomic E-state index is 2.31. The van der Waals surface area contributed by atoms with Crippen molar-refractivity contribution in [1.82, 2.24) is 0 Å². The lowest BCUT2D eigenvalue weighted by Crippen LogP contribution is -2.10. The van der Waals surface area contributed by atoms with Crippen molar-refractivity contribution in [3.05, 3.63) is 59.2 Å². The first-order valence-corrected chi connectivity index (χ1v) is 6.55. The van der Waals surface area contributed by atoms with Crippen LogP contribution in [0.1, 0.15) is 37.5 Å². The minimum Gasteiger partial charge on any atom is -0.0614 e. The van der Waals surface area contributed by atoms with Crippen LogP contribution in [-0.4, -0.2) is 0 Å². The van der Waals surface area contributed by atoms with Gasteiger partial charge < -0.3 is 0 Å². The second-order valence-electron chi connectivity index (χ2n) is 6.21. The molecule has 0 aromatic heterocycles. The standard InChI is InChI=1S/C18H22/c1-13-9-14(2)11-16(10-13)15-7-6-8-17(12-15)18(3,4)5/h6-12H,1-5H3. The van der Waals surface area contributed by atoms with Crippen LogP contribution >= 0.6 is 0 Å². The van der Waals surface area contributed by atoms with Crippen LogP contribution in [-0.2, 0) is 5.41 Å². The van der Waals surface area contributed by atoms with E-state index in [9.17, 15) is 0 Å². The Hall–Kier alpha value is -1.56. The molecule has 0 aliphatic carbocycles. The molecule has 0 spiro atoms. The van der Waals surface area contributed by atoms with Crippen molar-refractivity contribution >= 4 is 0 Å². The van der Waals surface area contributed by atoms with Crippen molar-refractivity contribution in [2.45, 2.75) is 40.0 Å². The molecule has 0 aliphatic heterocycles. The number of hydrogen-bond acceptors (Lipinski definition) is 0. The van der Waals surface area contributed by atoms with E-state index in [1.807, 2.05) is 0 Å². The highest BCUT2D eigenvalue weighted by molar-refractivity contribution is 5.66. The lowest BCUT2D eigenvalue weighted by Gasteiger charge is -2.20. The van der Waals surface area contributed by atoms with E-state index >= 15 is 0 Å². The minimum absolute atomic E-state index is 0.203. The molecule has 0 heterocycles. The van der Waals surface area contributed by atoms with Crippen molar-refractivity contribution in [1.29, 1.82) is 0 Å². The van der Waals surface area contributed by atoms with Gasteiger partial charge in [-0.3, -0.25) is 0 Å². The van der Waals surface area contributed by atoms with Gasteiger partial charge >= 0.3 is 0 Å².